The van der Waals surface area contributed by atoms with E-state index in [0.717, 1.165) is 4.47 Å². The molecule has 0 spiro atoms. The van der Waals surface area contributed by atoms with Crippen molar-refractivity contribution in [3.63, 3.8) is 0 Å². The topological polar surface area (TPSA) is 54.4 Å². The fourth-order valence-corrected chi connectivity index (χ4v) is 1.35. The second-order valence-corrected chi connectivity index (χ2v) is 4.27. The molecule has 62 valence electrons. The summed E-state index contributed by atoms with van der Waals surface area (Å²) in [5, 5.41) is 0. The van der Waals surface area contributed by atoms with Crippen LogP contribution in [0, 0.1) is 0 Å². The summed E-state index contributed by atoms with van der Waals surface area (Å²) < 4.78 is 30.3. The predicted molar refractivity (Wildman–Crippen MR) is 44.0 cm³/mol. The second-order valence-electron chi connectivity index (χ2n) is 1.93. The Morgan fingerprint density at radius 1 is 1.17 bits per heavy atom. The van der Waals surface area contributed by atoms with Gasteiger partial charge in [-0.1, -0.05) is 15.9 Å². The van der Waals surface area contributed by atoms with E-state index in [9.17, 15) is 8.42 Å². The molecule has 1 aromatic rings. The predicted octanol–water partition coefficient (Wildman–Crippen LogP) is 1.69. The fourth-order valence-electron chi connectivity index (χ4n) is 0.607. The van der Waals surface area contributed by atoms with Crippen molar-refractivity contribution >= 4 is 26.0 Å². The van der Waals surface area contributed by atoms with Crippen molar-refractivity contribution in [3.8, 4) is 0 Å². The summed E-state index contributed by atoms with van der Waals surface area (Å²) in [7, 11) is -4.04. The van der Waals surface area contributed by atoms with Gasteiger partial charge < -0.3 is 0 Å². The molecule has 0 fully saturated rings. The zero-order chi connectivity index (χ0) is 8.48. The van der Waals surface area contributed by atoms with Gasteiger partial charge in [-0.2, -0.15) is 8.42 Å². The first-order valence-corrected chi connectivity index (χ1v) is 4.96. The molecular weight excluding hydrogens is 433 g/mol. The van der Waals surface area contributed by atoms with Crippen LogP contribution in [0.4, 0.5) is 0 Å². The van der Waals surface area contributed by atoms with Gasteiger partial charge in [0.1, 0.15) is 0 Å². The van der Waals surface area contributed by atoms with E-state index in [1.807, 2.05) is 0 Å². The van der Waals surface area contributed by atoms with Gasteiger partial charge in [-0.15, -0.1) is 0 Å². The van der Waals surface area contributed by atoms with E-state index in [4.69, 9.17) is 4.55 Å². The van der Waals surface area contributed by atoms with E-state index in [1.165, 1.54) is 12.1 Å². The molecule has 0 saturated heterocycles. The van der Waals surface area contributed by atoms with Gasteiger partial charge in [0.15, 0.2) is 0 Å². The van der Waals surface area contributed by atoms with E-state index >= 15 is 0 Å². The van der Waals surface area contributed by atoms with Gasteiger partial charge in [-0.25, -0.2) is 0 Å². The third kappa shape index (κ3) is 3.51. The summed E-state index contributed by atoms with van der Waals surface area (Å²) in [6, 6.07) is 5.73. The zero-order valence-electron chi connectivity index (χ0n) is 6.07. The number of halogens is 1. The molecule has 0 unspecified atom stereocenters. The van der Waals surface area contributed by atoms with Crippen LogP contribution in [0.25, 0.3) is 0 Å². The second kappa shape index (κ2) is 4.69. The first kappa shape index (κ1) is 12.5. The number of hydrogen-bond acceptors (Lipinski definition) is 2. The van der Waals surface area contributed by atoms with Gasteiger partial charge in [-0.3, -0.25) is 4.55 Å². The van der Waals surface area contributed by atoms with Crippen molar-refractivity contribution in [2.24, 2.45) is 0 Å². The third-order valence-electron chi connectivity index (χ3n) is 1.11. The molecule has 3 nitrogen and oxygen atoms in total. The number of hydrogen-bond donors (Lipinski definition) is 1. The first-order chi connectivity index (χ1) is 5.00. The Balaban J connectivity index is 0.00000121. The van der Waals surface area contributed by atoms with E-state index in [-0.39, 0.29) is 32.6 Å². The molecule has 1 rings (SSSR count). The maximum atomic E-state index is 10.5. The van der Waals surface area contributed by atoms with Crippen molar-refractivity contribution in [1.29, 1.82) is 0 Å². The third-order valence-corrected chi connectivity index (χ3v) is 2.51. The van der Waals surface area contributed by atoms with E-state index in [2.05, 4.69) is 15.9 Å². The SMILES string of the molecule is O=S(=O)(O)c1ccc(Br)cc1.[Hg]. The molecule has 0 radical (unpaired) electrons. The Kier molecular flexibility index (Phi) is 4.90. The molecule has 0 aromatic heterocycles. The van der Waals surface area contributed by atoms with Crippen molar-refractivity contribution < 1.29 is 40.6 Å². The molecule has 1 N–H and O–H groups in total. The molecular formula is C6H5BrHgO3S. The normalized spacial score (nSPS) is 10.5. The van der Waals surface area contributed by atoms with Crippen LogP contribution in [0.3, 0.4) is 0 Å². The van der Waals surface area contributed by atoms with Crippen LogP contribution in [0.5, 0.6) is 0 Å². The van der Waals surface area contributed by atoms with Crippen molar-refractivity contribution in [2.45, 2.75) is 4.90 Å². The maximum absolute atomic E-state index is 10.5. The van der Waals surface area contributed by atoms with Gasteiger partial charge in [0.05, 0.1) is 4.90 Å². The summed E-state index contributed by atoms with van der Waals surface area (Å²) in [6.45, 7) is 0. The van der Waals surface area contributed by atoms with Crippen LogP contribution in [0.15, 0.2) is 33.6 Å². The minimum atomic E-state index is -4.04. The minimum absolute atomic E-state index is 0. The van der Waals surface area contributed by atoms with Crippen molar-refractivity contribution in [1.82, 2.24) is 0 Å². The van der Waals surface area contributed by atoms with Crippen LogP contribution in [0.1, 0.15) is 0 Å². The fraction of sp³-hybridized carbons (Fsp3) is 0. The van der Waals surface area contributed by atoms with E-state index in [1.54, 1.807) is 12.1 Å². The maximum Gasteiger partial charge on any atom is 0.294 e. The van der Waals surface area contributed by atoms with Crippen LogP contribution in [0.2, 0.25) is 0 Å². The van der Waals surface area contributed by atoms with Gasteiger partial charge in [0.25, 0.3) is 10.1 Å². The monoisotopic (exact) mass is 438 g/mol. The quantitative estimate of drug-likeness (QED) is 0.537. The van der Waals surface area contributed by atoms with Gasteiger partial charge in [0, 0.05) is 32.1 Å². The average molecular weight is 438 g/mol. The van der Waals surface area contributed by atoms with E-state index < -0.39 is 10.1 Å². The first-order valence-electron chi connectivity index (χ1n) is 2.73. The van der Waals surface area contributed by atoms with Crippen LogP contribution >= 0.6 is 15.9 Å². The Morgan fingerprint density at radius 3 is 1.92 bits per heavy atom. The molecule has 0 aliphatic carbocycles. The molecule has 0 aliphatic heterocycles. The molecule has 0 heterocycles. The molecule has 0 aliphatic rings. The molecule has 0 atom stereocenters. The minimum Gasteiger partial charge on any atom is -0.282 e. The molecule has 0 saturated carbocycles. The summed E-state index contributed by atoms with van der Waals surface area (Å²) in [5.74, 6) is 0. The smallest absolute Gasteiger partial charge is 0.282 e. The zero-order valence-corrected chi connectivity index (χ0v) is 14.0. The summed E-state index contributed by atoms with van der Waals surface area (Å²) in [6.07, 6.45) is 0. The molecule has 12 heavy (non-hydrogen) atoms. The van der Waals surface area contributed by atoms with Crippen molar-refractivity contribution in [3.05, 3.63) is 28.7 Å². The standard InChI is InChI=1S/C6H5BrO3S.Hg/c7-5-1-3-6(4-2-5)11(8,9)10;/h1-4H,(H,8,9,10);. The Bertz CT molecular complexity index is 346. The van der Waals surface area contributed by atoms with Gasteiger partial charge in [-0.05, 0) is 24.3 Å². The Hall–Kier alpha value is 0.545. The Labute approximate surface area is 99.6 Å². The van der Waals surface area contributed by atoms with Crippen LogP contribution < -0.4 is 0 Å². The van der Waals surface area contributed by atoms with Gasteiger partial charge >= 0.3 is 0 Å². The number of benzene rings is 1. The molecule has 0 bridgehead atoms. The number of rotatable bonds is 1. The summed E-state index contributed by atoms with van der Waals surface area (Å²) in [4.78, 5) is -0.0966. The Morgan fingerprint density at radius 2 is 1.58 bits per heavy atom. The van der Waals surface area contributed by atoms with Crippen LogP contribution in [-0.2, 0) is 37.8 Å². The van der Waals surface area contributed by atoms with Crippen LogP contribution in [-0.4, -0.2) is 13.0 Å². The molecule has 0 amide bonds. The largest absolute Gasteiger partial charge is 0.294 e. The molecule has 1 aromatic carbocycles. The van der Waals surface area contributed by atoms with E-state index in [0.29, 0.717) is 0 Å². The summed E-state index contributed by atoms with van der Waals surface area (Å²) in [5.41, 5.74) is 0. The average Bonchev–Trinajstić information content (AvgIpc) is 1.86. The van der Waals surface area contributed by atoms with Gasteiger partial charge in [0.2, 0.25) is 0 Å². The summed E-state index contributed by atoms with van der Waals surface area (Å²) >= 11 is 3.14. The van der Waals surface area contributed by atoms with Crippen molar-refractivity contribution in [2.75, 3.05) is 0 Å². The molecule has 6 heteroatoms.